The molecule has 2 aromatic carbocycles. The predicted octanol–water partition coefficient (Wildman–Crippen LogP) is 6.89. The Labute approximate surface area is 247 Å². The van der Waals surface area contributed by atoms with Gasteiger partial charge >= 0.3 is 6.09 Å². The molecule has 220 valence electrons. The summed E-state index contributed by atoms with van der Waals surface area (Å²) in [7, 11) is 0. The molecule has 12 heteroatoms. The Morgan fingerprint density at radius 2 is 1.88 bits per heavy atom. The van der Waals surface area contributed by atoms with E-state index >= 15 is 0 Å². The molecular formula is C29H33Cl2FN4O5. The Morgan fingerprint density at radius 1 is 1.15 bits per heavy atom. The Kier molecular flexibility index (Phi) is 8.63. The van der Waals surface area contributed by atoms with E-state index in [0.717, 1.165) is 12.8 Å². The third-order valence-corrected chi connectivity index (χ3v) is 7.92. The van der Waals surface area contributed by atoms with Gasteiger partial charge in [-0.25, -0.2) is 19.2 Å². The molecule has 41 heavy (non-hydrogen) atoms. The number of hydrogen-bond donors (Lipinski definition) is 2. The van der Waals surface area contributed by atoms with Gasteiger partial charge in [0.25, 0.3) is 0 Å². The van der Waals surface area contributed by atoms with Crippen molar-refractivity contribution in [1.29, 1.82) is 0 Å². The fraction of sp³-hybridized carbons (Fsp3) is 0.483. The SMILES string of the molecule is CC(C)(C)OC(=O)N1[C@@H]2CC[C@H]1C[C@H](Oc1cc3c(Nc4ccc(Cl)c(Cl)c4F)ncnc3cc1OCCCO)C2. The number of carbonyl (C=O) groups is 1. The van der Waals surface area contributed by atoms with Crippen molar-refractivity contribution >= 4 is 51.7 Å². The van der Waals surface area contributed by atoms with Gasteiger partial charge in [0.15, 0.2) is 17.3 Å². The van der Waals surface area contributed by atoms with Gasteiger partial charge in [-0.2, -0.15) is 0 Å². The van der Waals surface area contributed by atoms with Crippen molar-refractivity contribution in [1.82, 2.24) is 14.9 Å². The number of rotatable bonds is 8. The number of amides is 1. The molecule has 1 amide bonds. The number of carbonyl (C=O) groups excluding carboxylic acids is 1. The number of piperidine rings is 1. The topological polar surface area (TPSA) is 106 Å². The molecule has 2 saturated heterocycles. The largest absolute Gasteiger partial charge is 0.490 e. The van der Waals surface area contributed by atoms with Crippen LogP contribution in [0.1, 0.15) is 52.9 Å². The van der Waals surface area contributed by atoms with Crippen LogP contribution in [0.3, 0.4) is 0 Å². The molecule has 3 heterocycles. The molecule has 0 unspecified atom stereocenters. The van der Waals surface area contributed by atoms with E-state index in [-0.39, 0.29) is 53.2 Å². The molecule has 3 atom stereocenters. The summed E-state index contributed by atoms with van der Waals surface area (Å²) < 4.78 is 33.0. The number of aliphatic hydroxyl groups excluding tert-OH is 1. The van der Waals surface area contributed by atoms with Gasteiger partial charge in [0.2, 0.25) is 0 Å². The Hall–Kier alpha value is -3.08. The number of benzene rings is 2. The van der Waals surface area contributed by atoms with Crippen LogP contribution in [0.15, 0.2) is 30.6 Å². The van der Waals surface area contributed by atoms with Crippen LogP contribution in [-0.4, -0.2) is 63.1 Å². The van der Waals surface area contributed by atoms with Crippen molar-refractivity contribution in [2.24, 2.45) is 0 Å². The van der Waals surface area contributed by atoms with Gasteiger partial charge in [-0.3, -0.25) is 0 Å². The lowest BCUT2D eigenvalue weighted by Crippen LogP contribution is -2.50. The normalized spacial score (nSPS) is 20.3. The van der Waals surface area contributed by atoms with Gasteiger partial charge in [0.1, 0.15) is 23.9 Å². The standard InChI is InChI=1S/C29H33Cl2FN4O5/c1-29(2,3)41-28(38)36-16-5-6-17(36)12-18(11-16)40-24-13-19-22(14-23(24)39-10-4-9-37)33-15-34-27(19)35-21-8-7-20(30)25(31)26(21)32/h7-8,13-18,37H,4-6,9-12H2,1-3H3,(H,33,34,35)/t16-,17+,18-. The van der Waals surface area contributed by atoms with Crippen LogP contribution in [0, 0.1) is 5.82 Å². The predicted molar refractivity (Wildman–Crippen MR) is 155 cm³/mol. The number of anilines is 2. The fourth-order valence-electron chi connectivity index (χ4n) is 5.38. The van der Waals surface area contributed by atoms with E-state index in [1.807, 2.05) is 25.7 Å². The second-order valence-electron chi connectivity index (χ2n) is 11.3. The van der Waals surface area contributed by atoms with E-state index in [0.29, 0.717) is 47.5 Å². The zero-order chi connectivity index (χ0) is 29.3. The molecular weight excluding hydrogens is 574 g/mol. The van der Waals surface area contributed by atoms with Gasteiger partial charge in [-0.05, 0) is 51.8 Å². The van der Waals surface area contributed by atoms with Crippen LogP contribution >= 0.6 is 23.2 Å². The summed E-state index contributed by atoms with van der Waals surface area (Å²) in [6.07, 6.45) is 4.42. The smallest absolute Gasteiger partial charge is 0.410 e. The number of nitrogens with one attached hydrogen (secondary N) is 1. The number of nitrogens with zero attached hydrogens (tertiary/aromatic N) is 3. The van der Waals surface area contributed by atoms with Gasteiger partial charge < -0.3 is 29.5 Å². The summed E-state index contributed by atoms with van der Waals surface area (Å²) in [6.45, 7) is 5.86. The molecule has 2 bridgehead atoms. The van der Waals surface area contributed by atoms with Crippen molar-refractivity contribution < 1.29 is 28.5 Å². The van der Waals surface area contributed by atoms with Crippen molar-refractivity contribution in [3.8, 4) is 11.5 Å². The number of fused-ring (bicyclic) bond motifs is 3. The maximum Gasteiger partial charge on any atom is 0.410 e. The molecule has 5 rings (SSSR count). The summed E-state index contributed by atoms with van der Waals surface area (Å²) in [5, 5.41) is 12.7. The summed E-state index contributed by atoms with van der Waals surface area (Å²) in [6, 6.07) is 6.53. The number of halogens is 3. The number of aromatic nitrogens is 2. The monoisotopic (exact) mass is 606 g/mol. The molecule has 2 N–H and O–H groups in total. The molecule has 0 saturated carbocycles. The summed E-state index contributed by atoms with van der Waals surface area (Å²) >= 11 is 12.0. The summed E-state index contributed by atoms with van der Waals surface area (Å²) in [5.74, 6) is 0.591. The van der Waals surface area contributed by atoms with Crippen LogP contribution in [0.4, 0.5) is 20.7 Å². The van der Waals surface area contributed by atoms with Crippen molar-refractivity contribution in [3.05, 3.63) is 46.5 Å². The zero-order valence-corrected chi connectivity index (χ0v) is 24.6. The molecule has 0 spiro atoms. The van der Waals surface area contributed by atoms with Crippen molar-refractivity contribution in [2.75, 3.05) is 18.5 Å². The highest BCUT2D eigenvalue weighted by molar-refractivity contribution is 6.42. The van der Waals surface area contributed by atoms with Crippen LogP contribution in [0.5, 0.6) is 11.5 Å². The van der Waals surface area contributed by atoms with Crippen molar-refractivity contribution in [3.63, 3.8) is 0 Å². The average molecular weight is 608 g/mol. The maximum absolute atomic E-state index is 14.8. The van der Waals surface area contributed by atoms with Crippen LogP contribution in [-0.2, 0) is 4.74 Å². The van der Waals surface area contributed by atoms with Crippen LogP contribution in [0.25, 0.3) is 10.9 Å². The summed E-state index contributed by atoms with van der Waals surface area (Å²) in [4.78, 5) is 23.5. The number of hydrogen-bond acceptors (Lipinski definition) is 8. The third-order valence-electron chi connectivity index (χ3n) is 7.14. The van der Waals surface area contributed by atoms with E-state index in [1.165, 1.54) is 18.5 Å². The van der Waals surface area contributed by atoms with E-state index in [2.05, 4.69) is 15.3 Å². The highest BCUT2D eigenvalue weighted by Gasteiger charge is 2.45. The fourth-order valence-corrected chi connectivity index (χ4v) is 5.69. The minimum atomic E-state index is -0.696. The van der Waals surface area contributed by atoms with E-state index in [1.54, 1.807) is 12.1 Å². The molecule has 2 aliphatic heterocycles. The Balaban J connectivity index is 1.43. The van der Waals surface area contributed by atoms with Crippen molar-refractivity contribution in [2.45, 2.75) is 76.7 Å². The van der Waals surface area contributed by atoms with Crippen LogP contribution in [0.2, 0.25) is 10.0 Å². The molecule has 0 radical (unpaired) electrons. The third kappa shape index (κ3) is 6.55. The zero-order valence-electron chi connectivity index (χ0n) is 23.1. The minimum Gasteiger partial charge on any atom is -0.490 e. The van der Waals surface area contributed by atoms with Gasteiger partial charge in [0, 0.05) is 49.4 Å². The van der Waals surface area contributed by atoms with Gasteiger partial charge in [0.05, 0.1) is 27.9 Å². The molecule has 3 aromatic rings. The second kappa shape index (κ2) is 12.0. The lowest BCUT2D eigenvalue weighted by atomic mass is 10.00. The van der Waals surface area contributed by atoms with Gasteiger partial charge in [-0.15, -0.1) is 0 Å². The first-order valence-electron chi connectivity index (χ1n) is 13.6. The Morgan fingerprint density at radius 3 is 2.56 bits per heavy atom. The van der Waals surface area contributed by atoms with Gasteiger partial charge in [-0.1, -0.05) is 23.2 Å². The molecule has 1 aromatic heterocycles. The first kappa shape index (κ1) is 29.4. The lowest BCUT2D eigenvalue weighted by molar-refractivity contribution is -0.00744. The quantitative estimate of drug-likeness (QED) is 0.211. The first-order valence-corrected chi connectivity index (χ1v) is 14.4. The van der Waals surface area contributed by atoms with E-state index in [9.17, 15) is 14.3 Å². The minimum absolute atomic E-state index is 0.0122. The molecule has 2 fully saturated rings. The highest BCUT2D eigenvalue weighted by atomic mass is 35.5. The molecule has 2 aliphatic rings. The van der Waals surface area contributed by atoms with Crippen LogP contribution < -0.4 is 14.8 Å². The number of aliphatic hydroxyl groups is 1. The highest BCUT2D eigenvalue weighted by Crippen LogP contribution is 2.42. The second-order valence-corrected chi connectivity index (χ2v) is 12.1. The maximum atomic E-state index is 14.8. The average Bonchev–Trinajstić information content (AvgIpc) is 3.19. The Bertz CT molecular complexity index is 1420. The molecule has 9 nitrogen and oxygen atoms in total. The summed E-state index contributed by atoms with van der Waals surface area (Å²) in [5.41, 5.74) is 0.0921. The number of ether oxygens (including phenoxy) is 3. The lowest BCUT2D eigenvalue weighted by Gasteiger charge is -2.39. The first-order chi connectivity index (χ1) is 19.5. The molecule has 0 aliphatic carbocycles. The van der Waals surface area contributed by atoms with E-state index < -0.39 is 11.4 Å². The van der Waals surface area contributed by atoms with E-state index in [4.69, 9.17) is 37.4 Å².